The van der Waals surface area contributed by atoms with Crippen molar-refractivity contribution >= 4 is 7.12 Å². The van der Waals surface area contributed by atoms with Gasteiger partial charge >= 0.3 is 7.12 Å². The van der Waals surface area contributed by atoms with Gasteiger partial charge in [0.2, 0.25) is 0 Å². The molecule has 1 saturated heterocycles. The van der Waals surface area contributed by atoms with Crippen LogP contribution in [0.4, 0.5) is 8.78 Å². The van der Waals surface area contributed by atoms with Gasteiger partial charge < -0.3 is 9.31 Å². The van der Waals surface area contributed by atoms with Gasteiger partial charge in [-0.1, -0.05) is 48.1 Å². The van der Waals surface area contributed by atoms with Crippen molar-refractivity contribution in [2.24, 2.45) is 0 Å². The summed E-state index contributed by atoms with van der Waals surface area (Å²) < 4.78 is 38.6. The number of hydrogen-bond acceptors (Lipinski definition) is 2. The van der Waals surface area contributed by atoms with Gasteiger partial charge in [-0.15, -0.1) is 0 Å². The molecule has 1 heterocycles. The molecule has 0 aromatic heterocycles. The highest BCUT2D eigenvalue weighted by Crippen LogP contribution is 2.38. The quantitative estimate of drug-likeness (QED) is 0.346. The van der Waals surface area contributed by atoms with Crippen LogP contribution in [0.2, 0.25) is 6.32 Å². The molecule has 1 aliphatic rings. The van der Waals surface area contributed by atoms with E-state index in [2.05, 4.69) is 45.9 Å². The molecule has 0 atom stereocenters. The van der Waals surface area contributed by atoms with Gasteiger partial charge in [0.1, 0.15) is 11.6 Å². The summed E-state index contributed by atoms with van der Waals surface area (Å²) in [4.78, 5) is 0. The minimum absolute atomic E-state index is 0.221. The van der Waals surface area contributed by atoms with Gasteiger partial charge in [0, 0.05) is 6.32 Å². The van der Waals surface area contributed by atoms with Crippen molar-refractivity contribution < 1.29 is 18.1 Å². The molecule has 0 aliphatic carbocycles. The molecule has 2 aromatic rings. The number of hydrogen-bond donors (Lipinski definition) is 0. The largest absolute Gasteiger partial charge is 0.462 e. The molecule has 1 fully saturated rings. The second kappa shape index (κ2) is 9.93. The molecule has 0 saturated carbocycles. The molecule has 0 bridgehead atoms. The summed E-state index contributed by atoms with van der Waals surface area (Å²) in [6, 6.07) is 13.2. The highest BCUT2D eigenvalue weighted by molar-refractivity contribution is 6.46. The third kappa shape index (κ3) is 6.62. The van der Waals surface area contributed by atoms with E-state index in [1.54, 1.807) is 12.1 Å². The van der Waals surface area contributed by atoms with Crippen LogP contribution in [0.1, 0.15) is 45.2 Å². The molecule has 0 unspecified atom stereocenters. The summed E-state index contributed by atoms with van der Waals surface area (Å²) in [6.45, 7) is 8.21. The van der Waals surface area contributed by atoms with Crippen molar-refractivity contribution in [2.75, 3.05) is 0 Å². The van der Waals surface area contributed by atoms with Gasteiger partial charge in [-0.25, -0.2) is 8.78 Å². The summed E-state index contributed by atoms with van der Waals surface area (Å²) in [5.74, 6) is -0.449. The highest BCUT2D eigenvalue weighted by Gasteiger charge is 2.50. The molecular weight excluding hydrogens is 393 g/mol. The summed E-state index contributed by atoms with van der Waals surface area (Å²) in [5.41, 5.74) is 2.61. The van der Waals surface area contributed by atoms with Crippen LogP contribution in [0, 0.1) is 11.6 Å². The predicted molar refractivity (Wildman–Crippen MR) is 123 cm³/mol. The average molecular weight is 424 g/mol. The molecule has 0 radical (unpaired) electrons. The average Bonchev–Trinajstić information content (AvgIpc) is 2.91. The van der Waals surface area contributed by atoms with E-state index in [0.29, 0.717) is 6.32 Å². The van der Waals surface area contributed by atoms with Crippen LogP contribution in [0.3, 0.4) is 0 Å². The van der Waals surface area contributed by atoms with E-state index < -0.39 is 0 Å². The van der Waals surface area contributed by atoms with E-state index in [1.807, 2.05) is 12.1 Å². The van der Waals surface area contributed by atoms with Crippen LogP contribution in [-0.4, -0.2) is 18.3 Å². The molecule has 2 nitrogen and oxygen atoms in total. The number of allylic oxidation sites excluding steroid dienone is 4. The summed E-state index contributed by atoms with van der Waals surface area (Å²) in [5, 5.41) is 0. The highest BCUT2D eigenvalue weighted by atomic mass is 19.1. The Kier molecular flexibility index (Phi) is 7.50. The summed E-state index contributed by atoms with van der Waals surface area (Å²) >= 11 is 0. The fourth-order valence-corrected chi connectivity index (χ4v) is 3.47. The SMILES string of the molecule is CC1(C)OB(C/C(=C\Cc2ccc(F)cc2)C/C=C\Cc2ccc(F)cc2)OC1(C)C. The Labute approximate surface area is 185 Å². The minimum atomic E-state index is -0.363. The maximum atomic E-state index is 13.2. The lowest BCUT2D eigenvalue weighted by Crippen LogP contribution is -2.41. The van der Waals surface area contributed by atoms with Crippen molar-refractivity contribution in [1.82, 2.24) is 0 Å². The fourth-order valence-electron chi connectivity index (χ4n) is 3.47. The Morgan fingerprint density at radius 1 is 0.774 bits per heavy atom. The molecule has 2 aromatic carbocycles. The van der Waals surface area contributed by atoms with E-state index in [4.69, 9.17) is 9.31 Å². The van der Waals surface area contributed by atoms with Crippen molar-refractivity contribution in [3.8, 4) is 0 Å². The van der Waals surface area contributed by atoms with E-state index in [0.717, 1.165) is 30.4 Å². The maximum absolute atomic E-state index is 13.2. The molecule has 0 N–H and O–H groups in total. The van der Waals surface area contributed by atoms with Gasteiger partial charge in [0.25, 0.3) is 0 Å². The lowest BCUT2D eigenvalue weighted by atomic mass is 9.79. The van der Waals surface area contributed by atoms with E-state index in [9.17, 15) is 8.78 Å². The zero-order valence-electron chi connectivity index (χ0n) is 18.8. The standard InChI is InChI=1S/C26H31BF2O2/c1-25(2)26(3,4)31-27(30-25)19-22(10-9-21-13-17-24(29)18-14-21)8-6-5-7-20-11-15-23(28)16-12-20/h5-6,10-18H,7-9,19H2,1-4H3/b6-5-,22-10-. The first-order valence-electron chi connectivity index (χ1n) is 10.8. The Balaban J connectivity index is 1.66. The topological polar surface area (TPSA) is 18.5 Å². The first kappa shape index (κ1) is 23.4. The third-order valence-electron chi connectivity index (χ3n) is 6.08. The molecule has 5 heteroatoms. The van der Waals surface area contributed by atoms with Crippen LogP contribution in [0.5, 0.6) is 0 Å². The molecule has 0 amide bonds. The Bertz CT molecular complexity index is 899. The van der Waals surface area contributed by atoms with Gasteiger partial charge in [0.05, 0.1) is 11.2 Å². The van der Waals surface area contributed by atoms with Crippen molar-refractivity contribution in [3.05, 3.63) is 95.1 Å². The molecule has 1 aliphatic heterocycles. The first-order valence-corrected chi connectivity index (χ1v) is 10.8. The zero-order chi connectivity index (χ0) is 22.5. The smallest absolute Gasteiger partial charge is 0.403 e. The zero-order valence-corrected chi connectivity index (χ0v) is 18.8. The van der Waals surface area contributed by atoms with Crippen molar-refractivity contribution in [3.63, 3.8) is 0 Å². The molecule has 31 heavy (non-hydrogen) atoms. The second-order valence-electron chi connectivity index (χ2n) is 9.09. The molecule has 164 valence electrons. The van der Waals surface area contributed by atoms with Crippen LogP contribution in [0.25, 0.3) is 0 Å². The maximum Gasteiger partial charge on any atom is 0.462 e. The molecule has 0 spiro atoms. The number of rotatable bonds is 8. The lowest BCUT2D eigenvalue weighted by Gasteiger charge is -2.32. The van der Waals surface area contributed by atoms with Gasteiger partial charge in [-0.05, 0) is 82.3 Å². The number of halogens is 2. The summed E-state index contributed by atoms with van der Waals surface area (Å²) in [7, 11) is -0.296. The van der Waals surface area contributed by atoms with E-state index in [1.165, 1.54) is 29.8 Å². The van der Waals surface area contributed by atoms with E-state index >= 15 is 0 Å². The monoisotopic (exact) mass is 424 g/mol. The van der Waals surface area contributed by atoms with E-state index in [-0.39, 0.29) is 30.0 Å². The lowest BCUT2D eigenvalue weighted by molar-refractivity contribution is 0.00578. The first-order chi connectivity index (χ1) is 14.6. The fraction of sp³-hybridized carbons (Fsp3) is 0.385. The minimum Gasteiger partial charge on any atom is -0.403 e. The Hall–Kier alpha value is -2.24. The van der Waals surface area contributed by atoms with Crippen LogP contribution < -0.4 is 0 Å². The van der Waals surface area contributed by atoms with Crippen LogP contribution in [-0.2, 0) is 22.2 Å². The Morgan fingerprint density at radius 2 is 1.26 bits per heavy atom. The van der Waals surface area contributed by atoms with Crippen LogP contribution in [0.15, 0.2) is 72.3 Å². The summed E-state index contributed by atoms with van der Waals surface area (Å²) in [6.07, 6.45) is 9.33. The second-order valence-corrected chi connectivity index (χ2v) is 9.09. The van der Waals surface area contributed by atoms with Crippen molar-refractivity contribution in [2.45, 2.75) is 64.5 Å². The van der Waals surface area contributed by atoms with Gasteiger partial charge in [-0.2, -0.15) is 0 Å². The Morgan fingerprint density at radius 3 is 1.77 bits per heavy atom. The molecular formula is C26H31BF2O2. The predicted octanol–water partition coefficient (Wildman–Crippen LogP) is 6.71. The molecule has 3 rings (SSSR count). The third-order valence-corrected chi connectivity index (χ3v) is 6.08. The number of benzene rings is 2. The normalized spacial score (nSPS) is 18.1. The van der Waals surface area contributed by atoms with Gasteiger partial charge in [-0.3, -0.25) is 0 Å². The van der Waals surface area contributed by atoms with Crippen molar-refractivity contribution in [1.29, 1.82) is 0 Å². The van der Waals surface area contributed by atoms with Gasteiger partial charge in [0.15, 0.2) is 0 Å². The van der Waals surface area contributed by atoms with Crippen LogP contribution >= 0.6 is 0 Å².